The number of fused-ring (bicyclic) bond motifs is 1. The Morgan fingerprint density at radius 2 is 1.48 bits per heavy atom. The smallest absolute Gasteiger partial charge is 0.462 e. The molecule has 0 bridgehead atoms. The van der Waals surface area contributed by atoms with Crippen LogP contribution in [0.5, 0.6) is 5.75 Å². The number of benzene rings is 3. The zero-order valence-corrected chi connectivity index (χ0v) is 22.8. The number of aromatic nitrogens is 1. The number of nitrogens with zero attached hydrogens (tertiary/aromatic N) is 2. The molecule has 3 aromatic carbocycles. The van der Waals surface area contributed by atoms with E-state index in [9.17, 15) is 39.6 Å². The first kappa shape index (κ1) is 30.6. The topological polar surface area (TPSA) is 85.8 Å². The van der Waals surface area contributed by atoms with Crippen LogP contribution in [0.25, 0.3) is 10.8 Å². The summed E-state index contributed by atoms with van der Waals surface area (Å²) in [6.45, 7) is 2.48. The number of hydrogen-bond acceptors (Lipinski definition) is 6. The first-order valence-corrected chi connectivity index (χ1v) is 13.7. The van der Waals surface area contributed by atoms with Crippen molar-refractivity contribution in [3.63, 3.8) is 0 Å². The van der Waals surface area contributed by atoms with Crippen LogP contribution in [0, 0.1) is 6.92 Å². The van der Waals surface area contributed by atoms with Crippen molar-refractivity contribution < 1.29 is 49.0 Å². The Morgan fingerprint density at radius 1 is 0.881 bits per heavy atom. The molecule has 0 aliphatic rings. The SMILES string of the molecule is CCOC(=O)c1ccc(S(=O)(=O)N(Cc2ccc(OC(F)(F)F)cc2)c2nc(C(F)(F)F)c3ccccc3c2C)cc1. The van der Waals surface area contributed by atoms with Crippen LogP contribution in [0.1, 0.15) is 34.1 Å². The number of alkyl halides is 6. The molecule has 0 amide bonds. The van der Waals surface area contributed by atoms with Crippen LogP contribution in [0.15, 0.2) is 77.7 Å². The van der Waals surface area contributed by atoms with Crippen molar-refractivity contribution >= 4 is 32.6 Å². The van der Waals surface area contributed by atoms with Crippen LogP contribution in [0.2, 0.25) is 0 Å². The zero-order chi connectivity index (χ0) is 30.9. The number of esters is 1. The van der Waals surface area contributed by atoms with E-state index in [2.05, 4.69) is 9.72 Å². The molecule has 0 unspecified atom stereocenters. The third-order valence-electron chi connectivity index (χ3n) is 6.08. The van der Waals surface area contributed by atoms with Crippen molar-refractivity contribution in [1.82, 2.24) is 4.98 Å². The van der Waals surface area contributed by atoms with Gasteiger partial charge in [0.25, 0.3) is 10.0 Å². The molecule has 4 rings (SSSR count). The van der Waals surface area contributed by atoms with Crippen molar-refractivity contribution in [1.29, 1.82) is 0 Å². The lowest BCUT2D eigenvalue weighted by atomic mass is 10.0. The maximum Gasteiger partial charge on any atom is 0.573 e. The van der Waals surface area contributed by atoms with Gasteiger partial charge in [-0.25, -0.2) is 22.5 Å². The predicted octanol–water partition coefficient (Wildman–Crippen LogP) is 7.03. The molecule has 14 heteroatoms. The predicted molar refractivity (Wildman–Crippen MR) is 140 cm³/mol. The van der Waals surface area contributed by atoms with E-state index in [4.69, 9.17) is 4.74 Å². The second-order valence-corrected chi connectivity index (χ2v) is 10.8. The van der Waals surface area contributed by atoms with Crippen molar-refractivity contribution in [3.8, 4) is 5.75 Å². The molecule has 0 saturated carbocycles. The van der Waals surface area contributed by atoms with Gasteiger partial charge in [0.1, 0.15) is 11.6 Å². The number of pyridine rings is 1. The minimum atomic E-state index is -4.97. The van der Waals surface area contributed by atoms with Gasteiger partial charge in [-0.15, -0.1) is 13.2 Å². The molecule has 0 N–H and O–H groups in total. The minimum Gasteiger partial charge on any atom is -0.462 e. The molecule has 0 aliphatic heterocycles. The van der Waals surface area contributed by atoms with Gasteiger partial charge in [0, 0.05) is 10.9 Å². The number of aryl methyl sites for hydroxylation is 1. The maximum absolute atomic E-state index is 14.1. The molecule has 222 valence electrons. The van der Waals surface area contributed by atoms with Crippen molar-refractivity contribution in [2.45, 2.75) is 37.8 Å². The lowest BCUT2D eigenvalue weighted by molar-refractivity contribution is -0.274. The number of sulfonamides is 1. The lowest BCUT2D eigenvalue weighted by Gasteiger charge is -2.27. The van der Waals surface area contributed by atoms with E-state index in [1.54, 1.807) is 6.92 Å². The van der Waals surface area contributed by atoms with E-state index >= 15 is 0 Å². The van der Waals surface area contributed by atoms with Gasteiger partial charge in [0.05, 0.1) is 23.6 Å². The zero-order valence-electron chi connectivity index (χ0n) is 22.0. The van der Waals surface area contributed by atoms with Gasteiger partial charge in [-0.2, -0.15) is 13.2 Å². The van der Waals surface area contributed by atoms with Crippen LogP contribution in [-0.4, -0.2) is 32.3 Å². The molecule has 4 aromatic rings. The average Bonchev–Trinajstić information content (AvgIpc) is 2.92. The van der Waals surface area contributed by atoms with Gasteiger partial charge >= 0.3 is 18.5 Å². The van der Waals surface area contributed by atoms with Crippen LogP contribution in [0.3, 0.4) is 0 Å². The average molecular weight is 613 g/mol. The number of carbonyl (C=O) groups excluding carboxylic acids is 1. The Hall–Kier alpha value is -4.33. The van der Waals surface area contributed by atoms with E-state index in [0.717, 1.165) is 36.4 Å². The Bertz CT molecular complexity index is 1700. The lowest BCUT2D eigenvalue weighted by Crippen LogP contribution is -2.32. The van der Waals surface area contributed by atoms with E-state index in [1.165, 1.54) is 43.3 Å². The fraction of sp³-hybridized carbons (Fsp3) is 0.214. The summed E-state index contributed by atoms with van der Waals surface area (Å²) in [5, 5.41) is -0.141. The third kappa shape index (κ3) is 6.59. The summed E-state index contributed by atoms with van der Waals surface area (Å²) in [6.07, 6.45) is -9.91. The summed E-state index contributed by atoms with van der Waals surface area (Å²) in [5.74, 6) is -1.82. The molecule has 0 saturated heterocycles. The summed E-state index contributed by atoms with van der Waals surface area (Å²) in [5.41, 5.74) is -1.03. The summed E-state index contributed by atoms with van der Waals surface area (Å²) in [6, 6.07) is 14.2. The molecule has 0 aliphatic carbocycles. The number of carbonyl (C=O) groups is 1. The van der Waals surface area contributed by atoms with E-state index in [1.807, 2.05) is 0 Å². The molecule has 1 aromatic heterocycles. The molecule has 0 radical (unpaired) electrons. The Labute approximate surface area is 236 Å². The van der Waals surface area contributed by atoms with Gasteiger partial charge in [-0.1, -0.05) is 36.4 Å². The van der Waals surface area contributed by atoms with Gasteiger partial charge in [0.15, 0.2) is 5.69 Å². The number of rotatable bonds is 8. The van der Waals surface area contributed by atoms with Crippen LogP contribution < -0.4 is 9.04 Å². The summed E-state index contributed by atoms with van der Waals surface area (Å²) < 4.78 is 117. The minimum absolute atomic E-state index is 0.0435. The molecule has 42 heavy (non-hydrogen) atoms. The molecule has 1 heterocycles. The number of ether oxygens (including phenoxy) is 2. The highest BCUT2D eigenvalue weighted by molar-refractivity contribution is 7.92. The monoisotopic (exact) mass is 612 g/mol. The number of hydrogen-bond donors (Lipinski definition) is 0. The molecule has 0 atom stereocenters. The van der Waals surface area contributed by atoms with Crippen LogP contribution in [-0.2, 0) is 27.5 Å². The maximum atomic E-state index is 14.1. The second kappa shape index (κ2) is 11.5. The van der Waals surface area contributed by atoms with Crippen molar-refractivity contribution in [2.75, 3.05) is 10.9 Å². The standard InChI is InChI=1S/C28H22F6N2O5S/c1-3-40-26(37)19-10-14-21(15-11-19)42(38,39)36(16-18-8-12-20(13-9-18)41-28(32,33)34)25-17(2)22-6-4-5-7-23(22)24(35-25)27(29,30)31/h4-15H,3,16H2,1-2H3. The molecule has 0 fully saturated rings. The van der Waals surface area contributed by atoms with Crippen molar-refractivity contribution in [2.24, 2.45) is 0 Å². The highest BCUT2D eigenvalue weighted by atomic mass is 32.2. The fourth-order valence-corrected chi connectivity index (χ4v) is 5.65. The van der Waals surface area contributed by atoms with E-state index < -0.39 is 52.3 Å². The van der Waals surface area contributed by atoms with Crippen LogP contribution in [0.4, 0.5) is 32.2 Å². The van der Waals surface area contributed by atoms with Gasteiger partial charge in [-0.05, 0) is 61.2 Å². The molecule has 7 nitrogen and oxygen atoms in total. The molecular weight excluding hydrogens is 590 g/mol. The number of halogens is 6. The summed E-state index contributed by atoms with van der Waals surface area (Å²) >= 11 is 0. The normalized spacial score (nSPS) is 12.3. The van der Waals surface area contributed by atoms with Gasteiger partial charge in [0.2, 0.25) is 0 Å². The molecule has 0 spiro atoms. The highest BCUT2D eigenvalue weighted by Gasteiger charge is 2.38. The number of anilines is 1. The quantitative estimate of drug-likeness (QED) is 0.157. The first-order chi connectivity index (χ1) is 19.6. The van der Waals surface area contributed by atoms with E-state index in [-0.39, 0.29) is 39.0 Å². The Balaban J connectivity index is 1.88. The van der Waals surface area contributed by atoms with Crippen molar-refractivity contribution in [3.05, 3.63) is 95.2 Å². The van der Waals surface area contributed by atoms with E-state index in [0.29, 0.717) is 4.31 Å². The largest absolute Gasteiger partial charge is 0.573 e. The Kier molecular flexibility index (Phi) is 8.39. The van der Waals surface area contributed by atoms with Gasteiger partial charge < -0.3 is 9.47 Å². The first-order valence-electron chi connectivity index (χ1n) is 12.2. The summed E-state index contributed by atoms with van der Waals surface area (Å²) in [7, 11) is -4.66. The Morgan fingerprint density at radius 3 is 2.02 bits per heavy atom. The van der Waals surface area contributed by atoms with Crippen LogP contribution >= 0.6 is 0 Å². The van der Waals surface area contributed by atoms with Gasteiger partial charge in [-0.3, -0.25) is 0 Å². The fourth-order valence-electron chi connectivity index (χ4n) is 4.19. The molecular formula is C28H22F6N2O5S. The second-order valence-electron chi connectivity index (χ2n) is 8.90. The highest BCUT2D eigenvalue weighted by Crippen LogP contribution is 2.39. The summed E-state index contributed by atoms with van der Waals surface area (Å²) in [4.78, 5) is 15.4. The third-order valence-corrected chi connectivity index (χ3v) is 7.83.